The summed E-state index contributed by atoms with van der Waals surface area (Å²) in [5.41, 5.74) is 7.32. The van der Waals surface area contributed by atoms with Crippen LogP contribution in [0, 0.1) is 0 Å². The highest BCUT2D eigenvalue weighted by Gasteiger charge is 2.14. The van der Waals surface area contributed by atoms with Crippen molar-refractivity contribution < 1.29 is 4.79 Å². The molecular formula is C14H18N2OS. The first-order valence-electron chi connectivity index (χ1n) is 6.16. The largest absolute Gasteiger partial charge is 0.399 e. The van der Waals surface area contributed by atoms with Crippen molar-refractivity contribution in [2.45, 2.75) is 18.9 Å². The molecule has 1 aliphatic rings. The zero-order valence-corrected chi connectivity index (χ0v) is 11.1. The maximum atomic E-state index is 11.7. The summed E-state index contributed by atoms with van der Waals surface area (Å²) < 4.78 is 0. The summed E-state index contributed by atoms with van der Waals surface area (Å²) in [6, 6.07) is 7.78. The quantitative estimate of drug-likeness (QED) is 0.649. The number of hydrogen-bond donors (Lipinski definition) is 2. The summed E-state index contributed by atoms with van der Waals surface area (Å²) in [7, 11) is 0. The molecule has 1 heterocycles. The highest BCUT2D eigenvalue weighted by Crippen LogP contribution is 2.16. The van der Waals surface area contributed by atoms with Gasteiger partial charge in [0.15, 0.2) is 0 Å². The van der Waals surface area contributed by atoms with E-state index in [-0.39, 0.29) is 5.91 Å². The molecule has 0 saturated carbocycles. The van der Waals surface area contributed by atoms with Crippen LogP contribution in [-0.4, -0.2) is 23.5 Å². The minimum Gasteiger partial charge on any atom is -0.399 e. The Morgan fingerprint density at radius 2 is 2.17 bits per heavy atom. The highest BCUT2D eigenvalue weighted by atomic mass is 32.2. The first-order valence-corrected chi connectivity index (χ1v) is 7.31. The van der Waals surface area contributed by atoms with Crippen molar-refractivity contribution in [3.8, 4) is 0 Å². The molecule has 3 nitrogen and oxygen atoms in total. The van der Waals surface area contributed by atoms with Crippen molar-refractivity contribution in [3.63, 3.8) is 0 Å². The molecule has 1 aromatic carbocycles. The van der Waals surface area contributed by atoms with E-state index in [2.05, 4.69) is 5.32 Å². The zero-order chi connectivity index (χ0) is 12.8. The van der Waals surface area contributed by atoms with Crippen LogP contribution in [-0.2, 0) is 4.79 Å². The van der Waals surface area contributed by atoms with Gasteiger partial charge in [-0.25, -0.2) is 0 Å². The highest BCUT2D eigenvalue weighted by molar-refractivity contribution is 7.99. The summed E-state index contributed by atoms with van der Waals surface area (Å²) in [4.78, 5) is 11.7. The molecule has 1 atom stereocenters. The van der Waals surface area contributed by atoms with Gasteiger partial charge in [-0.15, -0.1) is 0 Å². The van der Waals surface area contributed by atoms with E-state index in [0.29, 0.717) is 6.04 Å². The SMILES string of the molecule is Nc1ccc(/C=C/C(=O)NC2CCCSC2)cc1. The Morgan fingerprint density at radius 1 is 1.39 bits per heavy atom. The number of amides is 1. The predicted octanol–water partition coefficient (Wildman–Crippen LogP) is 2.29. The first kappa shape index (κ1) is 13.0. The van der Waals surface area contributed by atoms with E-state index in [1.807, 2.05) is 42.1 Å². The number of thioether (sulfide) groups is 1. The van der Waals surface area contributed by atoms with Gasteiger partial charge in [0.1, 0.15) is 0 Å². The lowest BCUT2D eigenvalue weighted by Gasteiger charge is -2.21. The second-order valence-corrected chi connectivity index (χ2v) is 5.57. The maximum absolute atomic E-state index is 11.7. The third kappa shape index (κ3) is 4.11. The van der Waals surface area contributed by atoms with E-state index in [4.69, 9.17) is 5.73 Å². The molecule has 0 aromatic heterocycles. The van der Waals surface area contributed by atoms with Crippen molar-refractivity contribution in [2.24, 2.45) is 0 Å². The average Bonchev–Trinajstić information content (AvgIpc) is 2.39. The van der Waals surface area contributed by atoms with Gasteiger partial charge in [0.2, 0.25) is 5.91 Å². The normalized spacial score (nSPS) is 19.9. The Balaban J connectivity index is 1.84. The lowest BCUT2D eigenvalue weighted by Crippen LogP contribution is -2.37. The standard InChI is InChI=1S/C14H18N2OS/c15-12-6-3-11(4-7-12)5-8-14(17)16-13-2-1-9-18-10-13/h3-8,13H,1-2,9-10,15H2,(H,16,17)/b8-5+. The Labute approximate surface area is 112 Å². The van der Waals surface area contributed by atoms with Crippen LogP contribution in [0.5, 0.6) is 0 Å². The monoisotopic (exact) mass is 262 g/mol. The number of anilines is 1. The molecule has 1 fully saturated rings. The summed E-state index contributed by atoms with van der Waals surface area (Å²) in [5, 5.41) is 3.03. The molecule has 1 unspecified atom stereocenters. The summed E-state index contributed by atoms with van der Waals surface area (Å²) >= 11 is 1.91. The number of nitrogens with one attached hydrogen (secondary N) is 1. The molecule has 0 aliphatic carbocycles. The van der Waals surface area contributed by atoms with Crippen LogP contribution >= 0.6 is 11.8 Å². The van der Waals surface area contributed by atoms with Gasteiger partial charge in [-0.2, -0.15) is 11.8 Å². The summed E-state index contributed by atoms with van der Waals surface area (Å²) in [6.45, 7) is 0. The van der Waals surface area contributed by atoms with Gasteiger partial charge in [0.25, 0.3) is 0 Å². The molecule has 0 spiro atoms. The Morgan fingerprint density at radius 3 is 2.83 bits per heavy atom. The van der Waals surface area contributed by atoms with Gasteiger partial charge >= 0.3 is 0 Å². The van der Waals surface area contributed by atoms with Gasteiger partial charge < -0.3 is 11.1 Å². The van der Waals surface area contributed by atoms with Crippen molar-refractivity contribution >= 4 is 29.4 Å². The number of carbonyl (C=O) groups is 1. The molecule has 1 amide bonds. The molecule has 0 bridgehead atoms. The second-order valence-electron chi connectivity index (χ2n) is 4.42. The number of carbonyl (C=O) groups excluding carboxylic acids is 1. The topological polar surface area (TPSA) is 55.1 Å². The number of nitrogen functional groups attached to an aromatic ring is 1. The van der Waals surface area contributed by atoms with Crippen molar-refractivity contribution in [2.75, 3.05) is 17.2 Å². The lowest BCUT2D eigenvalue weighted by atomic mass is 10.1. The Kier molecular flexibility index (Phi) is 4.70. The third-order valence-electron chi connectivity index (χ3n) is 2.87. The smallest absolute Gasteiger partial charge is 0.244 e. The molecule has 1 saturated heterocycles. The molecule has 96 valence electrons. The van der Waals surface area contributed by atoms with Crippen LogP contribution < -0.4 is 11.1 Å². The average molecular weight is 262 g/mol. The fourth-order valence-electron chi connectivity index (χ4n) is 1.88. The fourth-order valence-corrected chi connectivity index (χ4v) is 2.95. The summed E-state index contributed by atoms with van der Waals surface area (Å²) in [5.74, 6) is 2.23. The number of nitrogens with two attached hydrogens (primary N) is 1. The zero-order valence-electron chi connectivity index (χ0n) is 10.3. The first-order chi connectivity index (χ1) is 8.74. The molecule has 4 heteroatoms. The van der Waals surface area contributed by atoms with Crippen LogP contribution in [0.2, 0.25) is 0 Å². The van der Waals surface area contributed by atoms with Crippen LogP contribution in [0.15, 0.2) is 30.3 Å². The molecule has 3 N–H and O–H groups in total. The van der Waals surface area contributed by atoms with Crippen molar-refractivity contribution in [1.29, 1.82) is 0 Å². The molecule has 1 aliphatic heterocycles. The lowest BCUT2D eigenvalue weighted by molar-refractivity contribution is -0.117. The van der Waals surface area contributed by atoms with Gasteiger partial charge in [0, 0.05) is 23.6 Å². The van der Waals surface area contributed by atoms with E-state index in [1.54, 1.807) is 6.08 Å². The van der Waals surface area contributed by atoms with Gasteiger partial charge in [-0.3, -0.25) is 4.79 Å². The van der Waals surface area contributed by atoms with Crippen LogP contribution in [0.25, 0.3) is 6.08 Å². The van der Waals surface area contributed by atoms with Crippen molar-refractivity contribution in [1.82, 2.24) is 5.32 Å². The third-order valence-corrected chi connectivity index (χ3v) is 4.09. The predicted molar refractivity (Wildman–Crippen MR) is 78.4 cm³/mol. The number of rotatable bonds is 3. The molecule has 0 radical (unpaired) electrons. The van der Waals surface area contributed by atoms with E-state index in [0.717, 1.165) is 23.4 Å². The van der Waals surface area contributed by atoms with E-state index >= 15 is 0 Å². The van der Waals surface area contributed by atoms with Crippen LogP contribution in [0.1, 0.15) is 18.4 Å². The van der Waals surface area contributed by atoms with Gasteiger partial charge in [-0.1, -0.05) is 12.1 Å². The minimum absolute atomic E-state index is 0.0145. The molecular weight excluding hydrogens is 244 g/mol. The van der Waals surface area contributed by atoms with Crippen LogP contribution in [0.3, 0.4) is 0 Å². The van der Waals surface area contributed by atoms with Gasteiger partial charge in [-0.05, 0) is 42.4 Å². The van der Waals surface area contributed by atoms with Gasteiger partial charge in [0.05, 0.1) is 0 Å². The van der Waals surface area contributed by atoms with E-state index in [9.17, 15) is 4.79 Å². The van der Waals surface area contributed by atoms with Crippen molar-refractivity contribution in [3.05, 3.63) is 35.9 Å². The number of hydrogen-bond acceptors (Lipinski definition) is 3. The second kappa shape index (κ2) is 6.50. The number of benzene rings is 1. The maximum Gasteiger partial charge on any atom is 0.244 e. The van der Waals surface area contributed by atoms with E-state index in [1.165, 1.54) is 12.2 Å². The molecule has 1 aromatic rings. The Bertz CT molecular complexity index is 422. The summed E-state index contributed by atoms with van der Waals surface area (Å²) in [6.07, 6.45) is 5.68. The molecule has 18 heavy (non-hydrogen) atoms. The van der Waals surface area contributed by atoms with E-state index < -0.39 is 0 Å². The van der Waals surface area contributed by atoms with Crippen LogP contribution in [0.4, 0.5) is 5.69 Å². The fraction of sp³-hybridized carbons (Fsp3) is 0.357. The minimum atomic E-state index is -0.0145. The molecule has 2 rings (SSSR count). The Hall–Kier alpha value is -1.42.